The van der Waals surface area contributed by atoms with Gasteiger partial charge in [0.25, 0.3) is 0 Å². The summed E-state index contributed by atoms with van der Waals surface area (Å²) in [4.78, 5) is 20.7. The quantitative estimate of drug-likeness (QED) is 0.810. The van der Waals surface area contributed by atoms with Gasteiger partial charge in [-0.1, -0.05) is 29.8 Å². The number of para-hydroxylation sites is 1. The standard InChI is InChI=1S/C18H22ClN3O/c1-21(2)18(23)14-7-5-9-22(11-14)12-15-10-13-6-3-4-8-16(13)20-17(15)19/h3-4,6,8,10,14H,5,7,9,11-12H2,1-2H3. The number of carbonyl (C=O) groups excluding carboxylic acids is 1. The predicted molar refractivity (Wildman–Crippen MR) is 93.4 cm³/mol. The molecule has 3 rings (SSSR count). The molecule has 1 fully saturated rings. The van der Waals surface area contributed by atoms with Crippen molar-refractivity contribution in [2.45, 2.75) is 19.4 Å². The van der Waals surface area contributed by atoms with Crippen LogP contribution in [0.15, 0.2) is 30.3 Å². The number of carbonyl (C=O) groups is 1. The zero-order valence-electron chi connectivity index (χ0n) is 13.6. The van der Waals surface area contributed by atoms with Crippen LogP contribution in [0.25, 0.3) is 10.9 Å². The lowest BCUT2D eigenvalue weighted by atomic mass is 9.96. The van der Waals surface area contributed by atoms with Crippen LogP contribution in [-0.2, 0) is 11.3 Å². The summed E-state index contributed by atoms with van der Waals surface area (Å²) < 4.78 is 0. The predicted octanol–water partition coefficient (Wildman–Crippen LogP) is 3.19. The molecule has 4 nitrogen and oxygen atoms in total. The fourth-order valence-electron chi connectivity index (χ4n) is 3.25. The van der Waals surface area contributed by atoms with Crippen LogP contribution in [0.2, 0.25) is 5.15 Å². The van der Waals surface area contributed by atoms with Crippen LogP contribution in [-0.4, -0.2) is 47.9 Å². The third-order valence-electron chi connectivity index (χ3n) is 4.44. The second-order valence-electron chi connectivity index (χ2n) is 6.44. The topological polar surface area (TPSA) is 36.4 Å². The Morgan fingerprint density at radius 2 is 2.17 bits per heavy atom. The number of benzene rings is 1. The van der Waals surface area contributed by atoms with Crippen molar-refractivity contribution in [1.29, 1.82) is 0 Å². The van der Waals surface area contributed by atoms with Gasteiger partial charge in [-0.15, -0.1) is 0 Å². The molecule has 0 N–H and O–H groups in total. The lowest BCUT2D eigenvalue weighted by Crippen LogP contribution is -2.42. The first-order valence-electron chi connectivity index (χ1n) is 8.02. The van der Waals surface area contributed by atoms with E-state index in [-0.39, 0.29) is 11.8 Å². The molecule has 23 heavy (non-hydrogen) atoms. The van der Waals surface area contributed by atoms with E-state index in [1.165, 1.54) is 0 Å². The average molecular weight is 332 g/mol. The number of rotatable bonds is 3. The van der Waals surface area contributed by atoms with Crippen molar-refractivity contribution < 1.29 is 4.79 Å². The fraction of sp³-hybridized carbons (Fsp3) is 0.444. The van der Waals surface area contributed by atoms with Gasteiger partial charge in [-0.2, -0.15) is 0 Å². The van der Waals surface area contributed by atoms with Crippen molar-refractivity contribution in [2.75, 3.05) is 27.2 Å². The largest absolute Gasteiger partial charge is 0.349 e. The van der Waals surface area contributed by atoms with Crippen LogP contribution in [0.3, 0.4) is 0 Å². The fourth-order valence-corrected chi connectivity index (χ4v) is 3.46. The molecule has 1 aromatic heterocycles. The highest BCUT2D eigenvalue weighted by molar-refractivity contribution is 6.30. The summed E-state index contributed by atoms with van der Waals surface area (Å²) in [5.74, 6) is 0.309. The molecule has 1 aliphatic rings. The van der Waals surface area contributed by atoms with Gasteiger partial charge in [0.05, 0.1) is 11.4 Å². The van der Waals surface area contributed by atoms with Gasteiger partial charge in [-0.25, -0.2) is 4.98 Å². The van der Waals surface area contributed by atoms with Gasteiger partial charge >= 0.3 is 0 Å². The highest BCUT2D eigenvalue weighted by Gasteiger charge is 2.27. The van der Waals surface area contributed by atoms with Crippen molar-refractivity contribution in [2.24, 2.45) is 5.92 Å². The maximum absolute atomic E-state index is 12.2. The van der Waals surface area contributed by atoms with Gasteiger partial charge < -0.3 is 4.90 Å². The van der Waals surface area contributed by atoms with Crippen LogP contribution < -0.4 is 0 Å². The van der Waals surface area contributed by atoms with Gasteiger partial charge in [-0.05, 0) is 31.5 Å². The first-order valence-corrected chi connectivity index (χ1v) is 8.40. The molecule has 2 heterocycles. The zero-order chi connectivity index (χ0) is 16.4. The van der Waals surface area contributed by atoms with Crippen molar-refractivity contribution in [3.8, 4) is 0 Å². The molecule has 1 atom stereocenters. The number of fused-ring (bicyclic) bond motifs is 1. The first-order chi connectivity index (χ1) is 11.0. The minimum absolute atomic E-state index is 0.0888. The van der Waals surface area contributed by atoms with E-state index in [0.29, 0.717) is 5.15 Å². The summed E-state index contributed by atoms with van der Waals surface area (Å²) in [6, 6.07) is 10.1. The Labute approximate surface area is 142 Å². The Morgan fingerprint density at radius 1 is 1.39 bits per heavy atom. The highest BCUT2D eigenvalue weighted by Crippen LogP contribution is 2.25. The summed E-state index contributed by atoms with van der Waals surface area (Å²) in [6.07, 6.45) is 2.01. The Bertz CT molecular complexity index is 716. The van der Waals surface area contributed by atoms with E-state index < -0.39 is 0 Å². The third kappa shape index (κ3) is 3.65. The third-order valence-corrected chi connectivity index (χ3v) is 4.77. The Kier molecular flexibility index (Phi) is 4.83. The molecule has 1 aromatic carbocycles. The molecule has 0 bridgehead atoms. The summed E-state index contributed by atoms with van der Waals surface area (Å²) in [6.45, 7) is 2.54. The van der Waals surface area contributed by atoms with Crippen molar-refractivity contribution in [3.63, 3.8) is 0 Å². The van der Waals surface area contributed by atoms with Crippen LogP contribution in [0.5, 0.6) is 0 Å². The van der Waals surface area contributed by atoms with Gasteiger partial charge in [0.15, 0.2) is 0 Å². The van der Waals surface area contributed by atoms with E-state index in [1.807, 2.05) is 32.3 Å². The molecule has 1 aliphatic heterocycles. The maximum Gasteiger partial charge on any atom is 0.226 e. The van der Waals surface area contributed by atoms with Crippen molar-refractivity contribution >= 4 is 28.4 Å². The number of pyridine rings is 1. The normalized spacial score (nSPS) is 19.0. The molecule has 5 heteroatoms. The van der Waals surface area contributed by atoms with Crippen LogP contribution in [0.1, 0.15) is 18.4 Å². The molecule has 0 radical (unpaired) electrons. The van der Waals surface area contributed by atoms with Crippen molar-refractivity contribution in [3.05, 3.63) is 41.0 Å². The number of piperidine rings is 1. The van der Waals surface area contributed by atoms with E-state index in [0.717, 1.165) is 48.9 Å². The van der Waals surface area contributed by atoms with E-state index in [1.54, 1.807) is 4.90 Å². The lowest BCUT2D eigenvalue weighted by Gasteiger charge is -2.33. The highest BCUT2D eigenvalue weighted by atomic mass is 35.5. The molecular formula is C18H22ClN3O. The van der Waals surface area contributed by atoms with E-state index >= 15 is 0 Å². The van der Waals surface area contributed by atoms with E-state index in [9.17, 15) is 4.79 Å². The Morgan fingerprint density at radius 3 is 2.96 bits per heavy atom. The number of hydrogen-bond acceptors (Lipinski definition) is 3. The number of halogens is 1. The molecule has 122 valence electrons. The zero-order valence-corrected chi connectivity index (χ0v) is 14.4. The molecular weight excluding hydrogens is 310 g/mol. The molecule has 0 aliphatic carbocycles. The second-order valence-corrected chi connectivity index (χ2v) is 6.80. The van der Waals surface area contributed by atoms with Gasteiger partial charge in [0.1, 0.15) is 5.15 Å². The molecule has 1 amide bonds. The smallest absolute Gasteiger partial charge is 0.226 e. The van der Waals surface area contributed by atoms with Gasteiger partial charge in [0.2, 0.25) is 5.91 Å². The van der Waals surface area contributed by atoms with E-state index in [2.05, 4.69) is 22.0 Å². The Hall–Kier alpha value is -1.65. The van der Waals surface area contributed by atoms with Gasteiger partial charge in [0, 0.05) is 38.1 Å². The summed E-state index contributed by atoms with van der Waals surface area (Å²) in [5.41, 5.74) is 1.95. The minimum Gasteiger partial charge on any atom is -0.349 e. The van der Waals surface area contributed by atoms with Crippen LogP contribution in [0, 0.1) is 5.92 Å². The summed E-state index contributed by atoms with van der Waals surface area (Å²) in [7, 11) is 3.65. The molecule has 2 aromatic rings. The average Bonchev–Trinajstić information content (AvgIpc) is 2.55. The lowest BCUT2D eigenvalue weighted by molar-refractivity contribution is -0.134. The van der Waals surface area contributed by atoms with Crippen molar-refractivity contribution in [1.82, 2.24) is 14.8 Å². The van der Waals surface area contributed by atoms with Crippen LogP contribution >= 0.6 is 11.6 Å². The number of hydrogen-bond donors (Lipinski definition) is 0. The number of nitrogens with zero attached hydrogens (tertiary/aromatic N) is 3. The summed E-state index contributed by atoms with van der Waals surface area (Å²) >= 11 is 6.36. The molecule has 1 unspecified atom stereocenters. The summed E-state index contributed by atoms with van der Waals surface area (Å²) in [5, 5.41) is 1.66. The van der Waals surface area contributed by atoms with E-state index in [4.69, 9.17) is 11.6 Å². The van der Waals surface area contributed by atoms with Gasteiger partial charge in [-0.3, -0.25) is 9.69 Å². The molecule has 0 spiro atoms. The number of aromatic nitrogens is 1. The maximum atomic E-state index is 12.2. The SMILES string of the molecule is CN(C)C(=O)C1CCCN(Cc2cc3ccccc3nc2Cl)C1. The second kappa shape index (κ2) is 6.85. The van der Waals surface area contributed by atoms with Crippen LogP contribution in [0.4, 0.5) is 0 Å². The Balaban J connectivity index is 1.76. The first kappa shape index (κ1) is 16.2. The minimum atomic E-state index is 0.0888. The molecule has 1 saturated heterocycles. The monoisotopic (exact) mass is 331 g/mol. The molecule has 0 saturated carbocycles. The number of amides is 1. The number of likely N-dealkylation sites (tertiary alicyclic amines) is 1.